The molecule has 0 saturated heterocycles. The molecule has 0 atom stereocenters. The SMILES string of the molecule is CCOC(=O)c1c(C)nn(C(=O)c2cscn2)c1N. The van der Waals surface area contributed by atoms with Crippen molar-refractivity contribution >= 4 is 29.0 Å². The van der Waals surface area contributed by atoms with Crippen LogP contribution in [0.3, 0.4) is 0 Å². The maximum absolute atomic E-state index is 12.1. The van der Waals surface area contributed by atoms with Crippen LogP contribution in [-0.2, 0) is 4.74 Å². The van der Waals surface area contributed by atoms with Gasteiger partial charge in [0.05, 0.1) is 17.8 Å². The van der Waals surface area contributed by atoms with Crippen molar-refractivity contribution < 1.29 is 14.3 Å². The van der Waals surface area contributed by atoms with Crippen LogP contribution >= 0.6 is 11.3 Å². The Bertz CT molecular complexity index is 618. The smallest absolute Gasteiger partial charge is 0.343 e. The normalized spacial score (nSPS) is 10.4. The topological polar surface area (TPSA) is 100 Å². The minimum atomic E-state index is -0.588. The molecule has 19 heavy (non-hydrogen) atoms. The highest BCUT2D eigenvalue weighted by molar-refractivity contribution is 7.07. The van der Waals surface area contributed by atoms with Crippen molar-refractivity contribution in [3.63, 3.8) is 0 Å². The van der Waals surface area contributed by atoms with Crippen LogP contribution in [0.25, 0.3) is 0 Å². The van der Waals surface area contributed by atoms with E-state index in [0.717, 1.165) is 4.68 Å². The number of nitrogens with two attached hydrogens (primary N) is 1. The van der Waals surface area contributed by atoms with E-state index in [1.165, 1.54) is 16.8 Å². The molecule has 0 aromatic carbocycles. The highest BCUT2D eigenvalue weighted by Gasteiger charge is 2.24. The molecule has 2 heterocycles. The van der Waals surface area contributed by atoms with Crippen molar-refractivity contribution in [3.8, 4) is 0 Å². The van der Waals surface area contributed by atoms with E-state index >= 15 is 0 Å². The van der Waals surface area contributed by atoms with Crippen LogP contribution in [0.5, 0.6) is 0 Å². The zero-order chi connectivity index (χ0) is 14.0. The van der Waals surface area contributed by atoms with Gasteiger partial charge in [-0.15, -0.1) is 11.3 Å². The second-order valence-electron chi connectivity index (χ2n) is 3.66. The van der Waals surface area contributed by atoms with Crippen LogP contribution in [0.15, 0.2) is 10.9 Å². The maximum atomic E-state index is 12.1. The van der Waals surface area contributed by atoms with E-state index in [2.05, 4.69) is 10.1 Å². The van der Waals surface area contributed by atoms with E-state index in [1.807, 2.05) is 0 Å². The predicted molar refractivity (Wildman–Crippen MR) is 69.2 cm³/mol. The number of aromatic nitrogens is 3. The molecular weight excluding hydrogens is 268 g/mol. The van der Waals surface area contributed by atoms with Crippen LogP contribution in [0.1, 0.15) is 33.5 Å². The first-order chi connectivity index (χ1) is 9.06. The molecule has 0 aliphatic heterocycles. The fraction of sp³-hybridized carbons (Fsp3) is 0.273. The average molecular weight is 280 g/mol. The van der Waals surface area contributed by atoms with Crippen molar-refractivity contribution in [2.75, 3.05) is 12.3 Å². The summed E-state index contributed by atoms with van der Waals surface area (Å²) in [7, 11) is 0. The van der Waals surface area contributed by atoms with Crippen molar-refractivity contribution in [1.82, 2.24) is 14.8 Å². The monoisotopic (exact) mass is 280 g/mol. The molecule has 0 saturated carbocycles. The summed E-state index contributed by atoms with van der Waals surface area (Å²) in [4.78, 5) is 27.7. The molecular formula is C11H12N4O3S. The number of nitrogens with zero attached hydrogens (tertiary/aromatic N) is 3. The molecule has 0 aliphatic rings. The van der Waals surface area contributed by atoms with Gasteiger partial charge >= 0.3 is 5.97 Å². The summed E-state index contributed by atoms with van der Waals surface area (Å²) in [5.74, 6) is -1.10. The molecule has 2 aromatic heterocycles. The largest absolute Gasteiger partial charge is 0.462 e. The molecule has 0 aliphatic carbocycles. The lowest BCUT2D eigenvalue weighted by Crippen LogP contribution is -2.17. The van der Waals surface area contributed by atoms with E-state index in [4.69, 9.17) is 10.5 Å². The number of hydrogen-bond acceptors (Lipinski definition) is 7. The van der Waals surface area contributed by atoms with Gasteiger partial charge in [-0.3, -0.25) is 4.79 Å². The molecule has 0 spiro atoms. The highest BCUT2D eigenvalue weighted by atomic mass is 32.1. The molecule has 2 rings (SSSR count). The predicted octanol–water partition coefficient (Wildman–Crippen LogP) is 1.10. The van der Waals surface area contributed by atoms with Gasteiger partial charge in [0.15, 0.2) is 0 Å². The lowest BCUT2D eigenvalue weighted by Gasteiger charge is -2.02. The highest BCUT2D eigenvalue weighted by Crippen LogP contribution is 2.19. The number of thiazole rings is 1. The van der Waals surface area contributed by atoms with E-state index in [1.54, 1.807) is 19.2 Å². The van der Waals surface area contributed by atoms with Crippen LogP contribution in [0, 0.1) is 6.92 Å². The molecule has 7 nitrogen and oxygen atoms in total. The third kappa shape index (κ3) is 2.34. The number of esters is 1. The van der Waals surface area contributed by atoms with E-state index in [9.17, 15) is 9.59 Å². The van der Waals surface area contributed by atoms with Crippen LogP contribution in [0.2, 0.25) is 0 Å². The van der Waals surface area contributed by atoms with Crippen molar-refractivity contribution in [3.05, 3.63) is 27.8 Å². The Morgan fingerprint density at radius 3 is 2.84 bits per heavy atom. The van der Waals surface area contributed by atoms with Crippen LogP contribution in [-0.4, -0.2) is 33.2 Å². The number of hydrogen-bond donors (Lipinski definition) is 1. The van der Waals surface area contributed by atoms with Gasteiger partial charge in [-0.05, 0) is 13.8 Å². The first kappa shape index (κ1) is 13.2. The van der Waals surface area contributed by atoms with Crippen LogP contribution in [0.4, 0.5) is 5.82 Å². The quantitative estimate of drug-likeness (QED) is 0.845. The van der Waals surface area contributed by atoms with Crippen LogP contribution < -0.4 is 5.73 Å². The number of rotatable bonds is 3. The second kappa shape index (κ2) is 5.19. The molecule has 0 fully saturated rings. The fourth-order valence-corrected chi connectivity index (χ4v) is 2.11. The Morgan fingerprint density at radius 2 is 2.26 bits per heavy atom. The van der Waals surface area contributed by atoms with Gasteiger partial charge in [0.1, 0.15) is 17.1 Å². The van der Waals surface area contributed by atoms with Gasteiger partial charge in [0, 0.05) is 5.38 Å². The molecule has 0 radical (unpaired) electrons. The summed E-state index contributed by atoms with van der Waals surface area (Å²) >= 11 is 1.29. The number of carbonyl (C=O) groups is 2. The van der Waals surface area contributed by atoms with Gasteiger partial charge < -0.3 is 10.5 Å². The Morgan fingerprint density at radius 1 is 1.53 bits per heavy atom. The maximum Gasteiger partial charge on any atom is 0.343 e. The van der Waals surface area contributed by atoms with Gasteiger partial charge in [-0.25, -0.2) is 9.78 Å². The summed E-state index contributed by atoms with van der Waals surface area (Å²) in [6.45, 7) is 3.50. The zero-order valence-corrected chi connectivity index (χ0v) is 11.2. The average Bonchev–Trinajstić information content (AvgIpc) is 2.97. The summed E-state index contributed by atoms with van der Waals surface area (Å²) in [6, 6.07) is 0. The standard InChI is InChI=1S/C11H12N4O3S/c1-3-18-11(17)8-6(2)14-15(9(8)12)10(16)7-4-19-5-13-7/h4-5H,3,12H2,1-2H3. The molecule has 0 amide bonds. The fourth-order valence-electron chi connectivity index (χ4n) is 1.58. The Labute approximate surface area is 113 Å². The number of carbonyl (C=O) groups excluding carboxylic acids is 2. The van der Waals surface area contributed by atoms with Gasteiger partial charge in [-0.1, -0.05) is 0 Å². The van der Waals surface area contributed by atoms with E-state index in [0.29, 0.717) is 5.69 Å². The number of nitrogen functional groups attached to an aromatic ring is 1. The van der Waals surface area contributed by atoms with E-state index in [-0.39, 0.29) is 23.7 Å². The van der Waals surface area contributed by atoms with E-state index < -0.39 is 11.9 Å². The molecule has 8 heteroatoms. The third-order valence-electron chi connectivity index (χ3n) is 2.42. The lowest BCUT2D eigenvalue weighted by molar-refractivity contribution is 0.0527. The van der Waals surface area contributed by atoms with Crippen molar-refractivity contribution in [2.45, 2.75) is 13.8 Å². The van der Waals surface area contributed by atoms with Crippen molar-refractivity contribution in [2.24, 2.45) is 0 Å². The minimum absolute atomic E-state index is 0.0334. The molecule has 2 N–H and O–H groups in total. The Balaban J connectivity index is 2.42. The Hall–Kier alpha value is -2.22. The Kier molecular flexibility index (Phi) is 3.61. The second-order valence-corrected chi connectivity index (χ2v) is 4.38. The lowest BCUT2D eigenvalue weighted by atomic mass is 10.2. The molecule has 0 bridgehead atoms. The molecule has 100 valence electrons. The molecule has 0 unspecified atom stereocenters. The molecule has 2 aromatic rings. The minimum Gasteiger partial charge on any atom is -0.462 e. The summed E-state index contributed by atoms with van der Waals surface area (Å²) < 4.78 is 5.85. The van der Waals surface area contributed by atoms with Gasteiger partial charge in [0.25, 0.3) is 5.91 Å². The van der Waals surface area contributed by atoms with Crippen molar-refractivity contribution in [1.29, 1.82) is 0 Å². The number of ether oxygens (including phenoxy) is 1. The summed E-state index contributed by atoms with van der Waals surface area (Å²) in [5.41, 5.74) is 8.02. The number of aryl methyl sites for hydroxylation is 1. The summed E-state index contributed by atoms with van der Waals surface area (Å²) in [5, 5.41) is 5.56. The first-order valence-electron chi connectivity index (χ1n) is 5.51. The first-order valence-corrected chi connectivity index (χ1v) is 6.45. The summed E-state index contributed by atoms with van der Waals surface area (Å²) in [6.07, 6.45) is 0. The third-order valence-corrected chi connectivity index (χ3v) is 3.01. The number of anilines is 1. The van der Waals surface area contributed by atoms with Gasteiger partial charge in [-0.2, -0.15) is 9.78 Å². The zero-order valence-electron chi connectivity index (χ0n) is 10.4. The van der Waals surface area contributed by atoms with Gasteiger partial charge in [0.2, 0.25) is 0 Å².